The van der Waals surface area contributed by atoms with E-state index in [2.05, 4.69) is 5.32 Å². The highest BCUT2D eigenvalue weighted by atomic mass is 32.2. The number of hydrogen-bond acceptors (Lipinski definition) is 3. The summed E-state index contributed by atoms with van der Waals surface area (Å²) in [5.74, 6) is 0.851. The molecule has 2 aliphatic rings. The molecule has 4 heteroatoms. The predicted octanol–water partition coefficient (Wildman–Crippen LogP) is 2.51. The summed E-state index contributed by atoms with van der Waals surface area (Å²) >= 11 is 0. The fourth-order valence-corrected chi connectivity index (χ4v) is 4.93. The molecule has 0 heterocycles. The highest BCUT2D eigenvalue weighted by Gasteiger charge is 2.27. The van der Waals surface area contributed by atoms with E-state index in [0.717, 1.165) is 12.8 Å². The molecule has 0 aromatic heterocycles. The lowest BCUT2D eigenvalue weighted by Crippen LogP contribution is -2.38. The van der Waals surface area contributed by atoms with Crippen LogP contribution in [-0.2, 0) is 9.84 Å². The SMILES string of the molecule is CC(CNC1CCCC1)S(=O)(=O)CC1CCCC1. The second-order valence-electron chi connectivity index (χ2n) is 6.18. The van der Waals surface area contributed by atoms with Gasteiger partial charge in [0.15, 0.2) is 9.84 Å². The minimum absolute atomic E-state index is 0.223. The number of sulfone groups is 1. The van der Waals surface area contributed by atoms with Gasteiger partial charge in [-0.2, -0.15) is 0 Å². The van der Waals surface area contributed by atoms with Gasteiger partial charge in [-0.25, -0.2) is 8.42 Å². The van der Waals surface area contributed by atoms with Crippen LogP contribution in [0.4, 0.5) is 0 Å². The molecule has 1 unspecified atom stereocenters. The van der Waals surface area contributed by atoms with Gasteiger partial charge in [0.05, 0.1) is 11.0 Å². The maximum Gasteiger partial charge on any atom is 0.154 e. The molecular weight excluding hydrogens is 246 g/mol. The van der Waals surface area contributed by atoms with Crippen LogP contribution in [0.5, 0.6) is 0 Å². The Hall–Kier alpha value is -0.0900. The van der Waals surface area contributed by atoms with Crippen molar-refractivity contribution in [3.05, 3.63) is 0 Å². The molecule has 2 rings (SSSR count). The Balaban J connectivity index is 1.76. The lowest BCUT2D eigenvalue weighted by Gasteiger charge is -2.19. The molecular formula is C14H27NO2S. The number of rotatable bonds is 6. The highest BCUT2D eigenvalue weighted by Crippen LogP contribution is 2.27. The summed E-state index contributed by atoms with van der Waals surface area (Å²) in [4.78, 5) is 0. The van der Waals surface area contributed by atoms with Crippen molar-refractivity contribution in [2.45, 2.75) is 69.6 Å². The number of hydrogen-bond donors (Lipinski definition) is 1. The van der Waals surface area contributed by atoms with Crippen LogP contribution in [0.1, 0.15) is 58.3 Å². The smallest absolute Gasteiger partial charge is 0.154 e. The zero-order valence-corrected chi connectivity index (χ0v) is 12.3. The van der Waals surface area contributed by atoms with Crippen molar-refractivity contribution in [2.24, 2.45) is 5.92 Å². The normalized spacial score (nSPS) is 24.7. The standard InChI is InChI=1S/C14H27NO2S/c1-12(10-15-14-8-4-5-9-14)18(16,17)11-13-6-2-3-7-13/h12-15H,2-11H2,1H3. The minimum Gasteiger partial charge on any atom is -0.313 e. The zero-order chi connectivity index (χ0) is 13.0. The van der Waals surface area contributed by atoms with Crippen LogP contribution in [0.3, 0.4) is 0 Å². The summed E-state index contributed by atoms with van der Waals surface area (Å²) in [6, 6.07) is 0.564. The molecule has 0 aromatic rings. The fourth-order valence-electron chi connectivity index (χ4n) is 3.26. The Labute approximate surface area is 112 Å². The van der Waals surface area contributed by atoms with Gasteiger partial charge < -0.3 is 5.32 Å². The molecule has 0 bridgehead atoms. The van der Waals surface area contributed by atoms with Gasteiger partial charge in [-0.1, -0.05) is 25.7 Å². The Bertz CT molecular complexity index is 341. The molecule has 1 atom stereocenters. The van der Waals surface area contributed by atoms with E-state index < -0.39 is 9.84 Å². The van der Waals surface area contributed by atoms with E-state index in [9.17, 15) is 8.42 Å². The van der Waals surface area contributed by atoms with Crippen LogP contribution in [0.25, 0.3) is 0 Å². The van der Waals surface area contributed by atoms with Gasteiger partial charge in [0.1, 0.15) is 0 Å². The molecule has 2 aliphatic carbocycles. The van der Waals surface area contributed by atoms with E-state index in [-0.39, 0.29) is 5.25 Å². The molecule has 0 spiro atoms. The molecule has 2 fully saturated rings. The molecule has 18 heavy (non-hydrogen) atoms. The monoisotopic (exact) mass is 273 g/mol. The Morgan fingerprint density at radius 3 is 2.22 bits per heavy atom. The van der Waals surface area contributed by atoms with Gasteiger partial charge in [-0.3, -0.25) is 0 Å². The van der Waals surface area contributed by atoms with Crippen molar-refractivity contribution in [2.75, 3.05) is 12.3 Å². The minimum atomic E-state index is -2.90. The first-order valence-electron chi connectivity index (χ1n) is 7.53. The molecule has 1 N–H and O–H groups in total. The van der Waals surface area contributed by atoms with Crippen molar-refractivity contribution < 1.29 is 8.42 Å². The van der Waals surface area contributed by atoms with Gasteiger partial charge in [0.25, 0.3) is 0 Å². The first kappa shape index (κ1) is 14.3. The predicted molar refractivity (Wildman–Crippen MR) is 75.5 cm³/mol. The summed E-state index contributed by atoms with van der Waals surface area (Å²) in [5, 5.41) is 3.21. The first-order valence-corrected chi connectivity index (χ1v) is 9.24. The largest absolute Gasteiger partial charge is 0.313 e. The van der Waals surface area contributed by atoms with E-state index in [1.165, 1.54) is 38.5 Å². The summed E-state index contributed by atoms with van der Waals surface area (Å²) in [5.41, 5.74) is 0. The van der Waals surface area contributed by atoms with E-state index in [1.807, 2.05) is 6.92 Å². The van der Waals surface area contributed by atoms with Gasteiger partial charge in [-0.15, -0.1) is 0 Å². The van der Waals surface area contributed by atoms with Gasteiger partial charge in [0, 0.05) is 12.6 Å². The molecule has 0 saturated heterocycles. The summed E-state index contributed by atoms with van der Waals surface area (Å²) in [7, 11) is -2.90. The van der Waals surface area contributed by atoms with Crippen LogP contribution >= 0.6 is 0 Å². The maximum atomic E-state index is 12.3. The third-order valence-electron chi connectivity index (χ3n) is 4.60. The second-order valence-corrected chi connectivity index (χ2v) is 8.64. The Kier molecular flexibility index (Phi) is 5.07. The Morgan fingerprint density at radius 2 is 1.61 bits per heavy atom. The van der Waals surface area contributed by atoms with Crippen molar-refractivity contribution >= 4 is 9.84 Å². The zero-order valence-electron chi connectivity index (χ0n) is 11.5. The molecule has 2 saturated carbocycles. The lowest BCUT2D eigenvalue weighted by molar-refractivity contribution is 0.506. The molecule has 0 aliphatic heterocycles. The quantitative estimate of drug-likeness (QED) is 0.809. The topological polar surface area (TPSA) is 46.2 Å². The van der Waals surface area contributed by atoms with E-state index >= 15 is 0 Å². The van der Waals surface area contributed by atoms with E-state index in [1.54, 1.807) is 0 Å². The van der Waals surface area contributed by atoms with Crippen LogP contribution in [0.15, 0.2) is 0 Å². The fraction of sp³-hybridized carbons (Fsp3) is 1.00. The third kappa shape index (κ3) is 3.95. The van der Waals surface area contributed by atoms with Crippen LogP contribution in [0, 0.1) is 5.92 Å². The molecule has 0 radical (unpaired) electrons. The molecule has 0 amide bonds. The van der Waals surface area contributed by atoms with Gasteiger partial charge in [-0.05, 0) is 38.5 Å². The first-order chi connectivity index (χ1) is 8.58. The Morgan fingerprint density at radius 1 is 1.06 bits per heavy atom. The second kappa shape index (κ2) is 6.38. The highest BCUT2D eigenvalue weighted by molar-refractivity contribution is 7.92. The van der Waals surface area contributed by atoms with E-state index in [4.69, 9.17) is 0 Å². The third-order valence-corrected chi connectivity index (χ3v) is 6.93. The van der Waals surface area contributed by atoms with Crippen LogP contribution in [-0.4, -0.2) is 32.0 Å². The van der Waals surface area contributed by atoms with Crippen molar-refractivity contribution in [1.82, 2.24) is 5.32 Å². The average molecular weight is 273 g/mol. The average Bonchev–Trinajstić information content (AvgIpc) is 2.97. The summed E-state index contributed by atoms with van der Waals surface area (Å²) in [6.07, 6.45) is 9.68. The summed E-state index contributed by atoms with van der Waals surface area (Å²) < 4.78 is 24.5. The van der Waals surface area contributed by atoms with Crippen LogP contribution < -0.4 is 5.32 Å². The molecule has 106 valence electrons. The van der Waals surface area contributed by atoms with Gasteiger partial charge >= 0.3 is 0 Å². The maximum absolute atomic E-state index is 12.3. The van der Waals surface area contributed by atoms with Crippen molar-refractivity contribution in [1.29, 1.82) is 0 Å². The van der Waals surface area contributed by atoms with Crippen molar-refractivity contribution in [3.8, 4) is 0 Å². The summed E-state index contributed by atoms with van der Waals surface area (Å²) in [6.45, 7) is 2.51. The van der Waals surface area contributed by atoms with E-state index in [0.29, 0.717) is 24.3 Å². The van der Waals surface area contributed by atoms with Crippen LogP contribution in [0.2, 0.25) is 0 Å². The molecule has 0 aromatic carbocycles. The van der Waals surface area contributed by atoms with Gasteiger partial charge in [0.2, 0.25) is 0 Å². The lowest BCUT2D eigenvalue weighted by atomic mass is 10.1. The molecule has 3 nitrogen and oxygen atoms in total. The van der Waals surface area contributed by atoms with Crippen molar-refractivity contribution in [3.63, 3.8) is 0 Å². The number of nitrogens with one attached hydrogen (secondary N) is 1.